The van der Waals surface area contributed by atoms with Crippen molar-refractivity contribution in [3.63, 3.8) is 0 Å². The summed E-state index contributed by atoms with van der Waals surface area (Å²) in [4.78, 5) is 12.8. The molecule has 5 heteroatoms. The normalized spacial score (nSPS) is 17.4. The van der Waals surface area contributed by atoms with E-state index in [1.54, 1.807) is 0 Å². The molecule has 5 nitrogen and oxygen atoms in total. The van der Waals surface area contributed by atoms with E-state index in [4.69, 9.17) is 5.11 Å². The van der Waals surface area contributed by atoms with Crippen molar-refractivity contribution < 1.29 is 9.90 Å². The third kappa shape index (κ3) is 2.24. The number of likely N-dealkylation sites (tertiary alicyclic amines) is 1. The van der Waals surface area contributed by atoms with E-state index in [2.05, 4.69) is 16.9 Å². The van der Waals surface area contributed by atoms with Gasteiger partial charge in [-0.05, 0) is 12.8 Å². The fourth-order valence-electron chi connectivity index (χ4n) is 2.12. The summed E-state index contributed by atoms with van der Waals surface area (Å²) in [6.45, 7) is 4.72. The molecule has 1 aliphatic rings. The summed E-state index contributed by atoms with van der Waals surface area (Å²) in [6, 6.07) is 0. The van der Waals surface area contributed by atoms with Crippen LogP contribution in [0, 0.1) is 12.8 Å². The highest BCUT2D eigenvalue weighted by atomic mass is 16.4. The molecule has 0 atom stereocenters. The third-order valence-electron chi connectivity index (χ3n) is 3.23. The van der Waals surface area contributed by atoms with Crippen LogP contribution in [0.3, 0.4) is 0 Å². The summed E-state index contributed by atoms with van der Waals surface area (Å²) in [5.41, 5.74) is 2.41. The predicted molar refractivity (Wildman–Crippen MR) is 59.0 cm³/mol. The first-order chi connectivity index (χ1) is 7.56. The summed E-state index contributed by atoms with van der Waals surface area (Å²) in [6.07, 6.45) is 2.18. The lowest BCUT2D eigenvalue weighted by Gasteiger charge is -2.38. The van der Waals surface area contributed by atoms with Crippen molar-refractivity contribution in [1.82, 2.24) is 14.7 Å². The van der Waals surface area contributed by atoms with Gasteiger partial charge in [0.05, 0.1) is 12.6 Å². The molecule has 1 fully saturated rings. The number of rotatable bonds is 4. The van der Waals surface area contributed by atoms with Gasteiger partial charge in [-0.25, -0.2) is 0 Å². The van der Waals surface area contributed by atoms with Crippen LogP contribution in [0.15, 0.2) is 6.20 Å². The molecule has 2 rings (SSSR count). The van der Waals surface area contributed by atoms with Gasteiger partial charge >= 0.3 is 5.97 Å². The Morgan fingerprint density at radius 2 is 2.31 bits per heavy atom. The van der Waals surface area contributed by atoms with Crippen molar-refractivity contribution in [2.24, 2.45) is 13.0 Å². The van der Waals surface area contributed by atoms with Crippen molar-refractivity contribution >= 4 is 5.97 Å². The van der Waals surface area contributed by atoms with Gasteiger partial charge in [0.1, 0.15) is 0 Å². The van der Waals surface area contributed by atoms with E-state index in [9.17, 15) is 4.79 Å². The smallest absolute Gasteiger partial charge is 0.303 e. The highest BCUT2D eigenvalue weighted by Crippen LogP contribution is 2.22. The van der Waals surface area contributed by atoms with Crippen molar-refractivity contribution in [1.29, 1.82) is 0 Å². The Bertz CT molecular complexity index is 394. The number of carboxylic acid groups (broad SMARTS) is 1. The minimum atomic E-state index is -0.692. The Labute approximate surface area is 94.7 Å². The topological polar surface area (TPSA) is 58.4 Å². The first-order valence-electron chi connectivity index (χ1n) is 5.48. The first-order valence-corrected chi connectivity index (χ1v) is 5.48. The maximum absolute atomic E-state index is 10.5. The third-order valence-corrected chi connectivity index (χ3v) is 3.23. The maximum atomic E-state index is 10.5. The lowest BCUT2D eigenvalue weighted by Crippen LogP contribution is -2.46. The SMILES string of the molecule is Cc1c(CN2CC(CC(=O)O)C2)cnn1C. The summed E-state index contributed by atoms with van der Waals surface area (Å²) < 4.78 is 1.86. The number of hydrogen-bond acceptors (Lipinski definition) is 3. The molecule has 88 valence electrons. The number of aromatic nitrogens is 2. The average Bonchev–Trinajstić information content (AvgIpc) is 2.45. The van der Waals surface area contributed by atoms with Crippen LogP contribution in [0.5, 0.6) is 0 Å². The van der Waals surface area contributed by atoms with Crippen LogP contribution in [0.25, 0.3) is 0 Å². The van der Waals surface area contributed by atoms with Gasteiger partial charge in [0, 0.05) is 37.9 Å². The molecule has 2 heterocycles. The largest absolute Gasteiger partial charge is 0.481 e. The van der Waals surface area contributed by atoms with Crippen molar-refractivity contribution in [3.8, 4) is 0 Å². The molecule has 0 unspecified atom stereocenters. The Balaban J connectivity index is 1.81. The molecule has 0 spiro atoms. The standard InChI is InChI=1S/C11H17N3O2/c1-8-10(4-12-13(8)2)7-14-5-9(6-14)3-11(15)16/h4,9H,3,5-7H2,1-2H3,(H,15,16). The molecule has 0 saturated carbocycles. The van der Waals surface area contributed by atoms with Gasteiger partial charge in [-0.15, -0.1) is 0 Å². The number of carboxylic acids is 1. The van der Waals surface area contributed by atoms with Crippen LogP contribution < -0.4 is 0 Å². The van der Waals surface area contributed by atoms with Gasteiger partial charge in [-0.1, -0.05) is 0 Å². The molecule has 0 bridgehead atoms. The minimum Gasteiger partial charge on any atom is -0.481 e. The molecule has 1 aliphatic heterocycles. The van der Waals surface area contributed by atoms with Gasteiger partial charge in [0.15, 0.2) is 0 Å². The molecule has 0 amide bonds. The fraction of sp³-hybridized carbons (Fsp3) is 0.636. The highest BCUT2D eigenvalue weighted by Gasteiger charge is 2.28. The summed E-state index contributed by atoms with van der Waals surface area (Å²) in [5, 5.41) is 12.8. The van der Waals surface area contributed by atoms with Crippen LogP contribution in [0.4, 0.5) is 0 Å². The van der Waals surface area contributed by atoms with Crippen LogP contribution in [-0.2, 0) is 18.4 Å². The number of carbonyl (C=O) groups is 1. The second kappa shape index (κ2) is 4.25. The van der Waals surface area contributed by atoms with E-state index in [0.717, 1.165) is 19.6 Å². The van der Waals surface area contributed by atoms with Crippen molar-refractivity contribution in [2.75, 3.05) is 13.1 Å². The van der Waals surface area contributed by atoms with Gasteiger partial charge in [0.25, 0.3) is 0 Å². The van der Waals surface area contributed by atoms with Crippen LogP contribution in [-0.4, -0.2) is 38.8 Å². The second-order valence-corrected chi connectivity index (χ2v) is 4.54. The second-order valence-electron chi connectivity index (χ2n) is 4.54. The Morgan fingerprint density at radius 3 is 2.81 bits per heavy atom. The molecule has 1 aromatic heterocycles. The molecular weight excluding hydrogens is 206 g/mol. The quantitative estimate of drug-likeness (QED) is 0.813. The number of nitrogens with zero attached hydrogens (tertiary/aromatic N) is 3. The number of hydrogen-bond donors (Lipinski definition) is 1. The monoisotopic (exact) mass is 223 g/mol. The Hall–Kier alpha value is -1.36. The fourth-order valence-corrected chi connectivity index (χ4v) is 2.12. The summed E-state index contributed by atoms with van der Waals surface area (Å²) >= 11 is 0. The average molecular weight is 223 g/mol. The Morgan fingerprint density at radius 1 is 1.62 bits per heavy atom. The molecule has 16 heavy (non-hydrogen) atoms. The zero-order chi connectivity index (χ0) is 11.7. The van der Waals surface area contributed by atoms with Crippen LogP contribution in [0.2, 0.25) is 0 Å². The molecule has 0 aliphatic carbocycles. The van der Waals surface area contributed by atoms with E-state index in [1.165, 1.54) is 11.3 Å². The van der Waals surface area contributed by atoms with Crippen LogP contribution in [0.1, 0.15) is 17.7 Å². The molecule has 0 radical (unpaired) electrons. The van der Waals surface area contributed by atoms with Gasteiger partial charge < -0.3 is 5.11 Å². The highest BCUT2D eigenvalue weighted by molar-refractivity contribution is 5.67. The summed E-state index contributed by atoms with van der Waals surface area (Å²) in [5.74, 6) is -0.364. The van der Waals surface area contributed by atoms with Crippen molar-refractivity contribution in [3.05, 3.63) is 17.5 Å². The molecule has 0 aromatic carbocycles. The van der Waals surface area contributed by atoms with Gasteiger partial charge in [-0.3, -0.25) is 14.4 Å². The zero-order valence-electron chi connectivity index (χ0n) is 9.68. The van der Waals surface area contributed by atoms with E-state index in [0.29, 0.717) is 12.3 Å². The van der Waals surface area contributed by atoms with Crippen LogP contribution >= 0.6 is 0 Å². The zero-order valence-corrected chi connectivity index (χ0v) is 9.68. The van der Waals surface area contributed by atoms with E-state index in [-0.39, 0.29) is 0 Å². The number of aliphatic carboxylic acids is 1. The van der Waals surface area contributed by atoms with E-state index in [1.807, 2.05) is 17.9 Å². The number of aryl methyl sites for hydroxylation is 1. The van der Waals surface area contributed by atoms with Gasteiger partial charge in [0.2, 0.25) is 0 Å². The predicted octanol–water partition coefficient (Wildman–Crippen LogP) is 0.635. The Kier molecular flexibility index (Phi) is 2.96. The minimum absolute atomic E-state index is 0.294. The summed E-state index contributed by atoms with van der Waals surface area (Å²) in [7, 11) is 1.93. The van der Waals surface area contributed by atoms with Gasteiger partial charge in [-0.2, -0.15) is 5.10 Å². The lowest BCUT2D eigenvalue weighted by molar-refractivity contribution is -0.139. The van der Waals surface area contributed by atoms with E-state index < -0.39 is 5.97 Å². The molecule has 1 aromatic rings. The molecule has 1 saturated heterocycles. The lowest BCUT2D eigenvalue weighted by atomic mass is 9.96. The molecular formula is C11H17N3O2. The van der Waals surface area contributed by atoms with E-state index >= 15 is 0 Å². The van der Waals surface area contributed by atoms with Crippen molar-refractivity contribution in [2.45, 2.75) is 19.9 Å². The molecule has 1 N–H and O–H groups in total. The maximum Gasteiger partial charge on any atom is 0.303 e. The first kappa shape index (κ1) is 11.1.